The Balaban J connectivity index is 1.37. The maximum absolute atomic E-state index is 13.5. The number of amides is 2. The van der Waals surface area contributed by atoms with Gasteiger partial charge in [-0.15, -0.1) is 0 Å². The number of benzene rings is 3. The lowest BCUT2D eigenvalue weighted by Gasteiger charge is -2.35. The van der Waals surface area contributed by atoms with Crippen molar-refractivity contribution in [3.8, 4) is 16.9 Å². The van der Waals surface area contributed by atoms with Crippen molar-refractivity contribution < 1.29 is 27.1 Å². The van der Waals surface area contributed by atoms with Crippen molar-refractivity contribution in [3.63, 3.8) is 0 Å². The summed E-state index contributed by atoms with van der Waals surface area (Å²) in [6, 6.07) is 15.6. The molecule has 1 saturated carbocycles. The van der Waals surface area contributed by atoms with Gasteiger partial charge >= 0.3 is 12.2 Å². The van der Waals surface area contributed by atoms with Crippen LogP contribution in [0.1, 0.15) is 69.4 Å². The monoisotopic (exact) mass is 554 g/mol. The molecule has 3 aromatic rings. The van der Waals surface area contributed by atoms with E-state index in [1.807, 2.05) is 19.1 Å². The maximum atomic E-state index is 13.5. The van der Waals surface area contributed by atoms with E-state index in [1.165, 1.54) is 42.6 Å². The standard InChI is InChI=1S/C32H34F4N2O2/c1-3-20-5-7-21(8-6-20)22-9-11-23(12-10-22)24-13-16-29-30(17-24)40-26(4-2)19-38(29)31(39)37-28-15-14-25(33)18-27(28)32(34,35)36/h9-18,20-21,26H,3-8,19H2,1-2H3,(H,37,39). The molecule has 1 N–H and O–H groups in total. The molecule has 3 aromatic carbocycles. The van der Waals surface area contributed by atoms with E-state index < -0.39 is 29.3 Å². The second kappa shape index (κ2) is 11.5. The summed E-state index contributed by atoms with van der Waals surface area (Å²) in [6.45, 7) is 4.36. The first-order valence-electron chi connectivity index (χ1n) is 14.0. The van der Waals surface area contributed by atoms with Crippen molar-refractivity contribution in [1.29, 1.82) is 0 Å². The smallest absolute Gasteiger partial charge is 0.418 e. The van der Waals surface area contributed by atoms with Crippen LogP contribution >= 0.6 is 0 Å². The SMILES string of the molecule is CCC1CCC(c2ccc(-c3ccc4c(c3)OC(CC)CN4C(=O)Nc3ccc(F)cc3C(F)(F)F)cc2)CC1. The van der Waals surface area contributed by atoms with Gasteiger partial charge in [0.1, 0.15) is 17.7 Å². The van der Waals surface area contributed by atoms with Crippen LogP contribution in [0, 0.1) is 11.7 Å². The van der Waals surface area contributed by atoms with E-state index in [0.29, 0.717) is 29.8 Å². The van der Waals surface area contributed by atoms with Crippen LogP contribution in [0.15, 0.2) is 60.7 Å². The molecule has 5 rings (SSSR count). The van der Waals surface area contributed by atoms with Gasteiger partial charge in [-0.05, 0) is 91.0 Å². The Hall–Kier alpha value is -3.55. The molecule has 1 unspecified atom stereocenters. The molecule has 2 amide bonds. The maximum Gasteiger partial charge on any atom is 0.418 e. The van der Waals surface area contributed by atoms with E-state index >= 15 is 0 Å². The minimum Gasteiger partial charge on any atom is -0.486 e. The summed E-state index contributed by atoms with van der Waals surface area (Å²) >= 11 is 0. The average molecular weight is 555 g/mol. The molecule has 40 heavy (non-hydrogen) atoms. The molecule has 0 spiro atoms. The van der Waals surface area contributed by atoms with E-state index in [4.69, 9.17) is 4.74 Å². The first kappa shape index (κ1) is 28.0. The molecule has 4 nitrogen and oxygen atoms in total. The number of hydrogen-bond acceptors (Lipinski definition) is 2. The number of urea groups is 1. The Morgan fingerprint density at radius 3 is 2.27 bits per heavy atom. The number of hydrogen-bond donors (Lipinski definition) is 1. The van der Waals surface area contributed by atoms with Crippen LogP contribution in [0.5, 0.6) is 5.75 Å². The summed E-state index contributed by atoms with van der Waals surface area (Å²) in [5.74, 6) is 0.905. The van der Waals surface area contributed by atoms with Crippen molar-refractivity contribution in [3.05, 3.63) is 77.6 Å². The molecule has 1 fully saturated rings. The second-order valence-electron chi connectivity index (χ2n) is 10.8. The quantitative estimate of drug-likeness (QED) is 0.319. The van der Waals surface area contributed by atoms with Crippen molar-refractivity contribution >= 4 is 17.4 Å². The summed E-state index contributed by atoms with van der Waals surface area (Å²) in [5, 5.41) is 2.33. The molecule has 0 aromatic heterocycles. The first-order valence-corrected chi connectivity index (χ1v) is 14.0. The fourth-order valence-corrected chi connectivity index (χ4v) is 5.83. The lowest BCUT2D eigenvalue weighted by Crippen LogP contribution is -2.45. The van der Waals surface area contributed by atoms with E-state index in [-0.39, 0.29) is 12.6 Å². The van der Waals surface area contributed by atoms with Gasteiger partial charge < -0.3 is 10.1 Å². The molecule has 212 valence electrons. The minimum absolute atomic E-state index is 0.173. The molecule has 1 aliphatic heterocycles. The Morgan fingerprint density at radius 2 is 1.62 bits per heavy atom. The highest BCUT2D eigenvalue weighted by atomic mass is 19.4. The van der Waals surface area contributed by atoms with Crippen LogP contribution < -0.4 is 15.0 Å². The highest BCUT2D eigenvalue weighted by Gasteiger charge is 2.36. The minimum atomic E-state index is -4.82. The summed E-state index contributed by atoms with van der Waals surface area (Å²) in [6.07, 6.45) is 1.73. The van der Waals surface area contributed by atoms with Crippen molar-refractivity contribution in [2.75, 3.05) is 16.8 Å². The van der Waals surface area contributed by atoms with Gasteiger partial charge in [0.15, 0.2) is 0 Å². The predicted molar refractivity (Wildman–Crippen MR) is 149 cm³/mol. The van der Waals surface area contributed by atoms with Gasteiger partial charge in [-0.3, -0.25) is 4.90 Å². The van der Waals surface area contributed by atoms with Crippen LogP contribution in [0.3, 0.4) is 0 Å². The van der Waals surface area contributed by atoms with E-state index in [2.05, 4.69) is 36.5 Å². The highest BCUT2D eigenvalue weighted by Crippen LogP contribution is 2.41. The molecular weight excluding hydrogens is 520 g/mol. The molecule has 0 bridgehead atoms. The fraction of sp³-hybridized carbons (Fsp3) is 0.406. The summed E-state index contributed by atoms with van der Waals surface area (Å²) in [7, 11) is 0. The Morgan fingerprint density at radius 1 is 0.925 bits per heavy atom. The van der Waals surface area contributed by atoms with Gasteiger partial charge in [0.2, 0.25) is 0 Å². The summed E-state index contributed by atoms with van der Waals surface area (Å²) in [5.41, 5.74) is 2.04. The molecule has 0 radical (unpaired) electrons. The number of nitrogens with zero attached hydrogens (tertiary/aromatic N) is 1. The van der Waals surface area contributed by atoms with Crippen LogP contribution in [0.2, 0.25) is 0 Å². The van der Waals surface area contributed by atoms with Crippen molar-refractivity contribution in [1.82, 2.24) is 0 Å². The van der Waals surface area contributed by atoms with Gasteiger partial charge in [-0.2, -0.15) is 13.2 Å². The predicted octanol–water partition coefficient (Wildman–Crippen LogP) is 9.40. The number of halogens is 4. The zero-order valence-electron chi connectivity index (χ0n) is 22.7. The third kappa shape index (κ3) is 5.96. The third-order valence-electron chi connectivity index (χ3n) is 8.30. The zero-order valence-corrected chi connectivity index (χ0v) is 22.7. The normalized spacial score (nSPS) is 20.9. The molecule has 2 aliphatic rings. The summed E-state index contributed by atoms with van der Waals surface area (Å²) in [4.78, 5) is 14.6. The van der Waals surface area contributed by atoms with Crippen LogP contribution in [0.25, 0.3) is 11.1 Å². The number of ether oxygens (including phenoxy) is 1. The lowest BCUT2D eigenvalue weighted by molar-refractivity contribution is -0.137. The molecule has 8 heteroatoms. The second-order valence-corrected chi connectivity index (χ2v) is 10.8. The molecule has 1 atom stereocenters. The van der Waals surface area contributed by atoms with Crippen molar-refractivity contribution in [2.24, 2.45) is 5.92 Å². The lowest BCUT2D eigenvalue weighted by atomic mass is 9.77. The number of carbonyl (C=O) groups is 1. The van der Waals surface area contributed by atoms with Crippen LogP contribution in [-0.4, -0.2) is 18.7 Å². The van der Waals surface area contributed by atoms with Crippen LogP contribution in [-0.2, 0) is 6.18 Å². The topological polar surface area (TPSA) is 41.6 Å². The molecular formula is C32H34F4N2O2. The van der Waals surface area contributed by atoms with Gasteiger partial charge in [0.05, 0.1) is 23.5 Å². The third-order valence-corrected chi connectivity index (χ3v) is 8.30. The number of fused-ring (bicyclic) bond motifs is 1. The Labute approximate surface area is 232 Å². The molecule has 1 aliphatic carbocycles. The Bertz CT molecular complexity index is 1350. The van der Waals surface area contributed by atoms with E-state index in [1.54, 1.807) is 6.07 Å². The van der Waals surface area contributed by atoms with Crippen LogP contribution in [0.4, 0.5) is 33.7 Å². The van der Waals surface area contributed by atoms with E-state index in [0.717, 1.165) is 29.2 Å². The highest BCUT2D eigenvalue weighted by molar-refractivity contribution is 6.03. The summed E-state index contributed by atoms with van der Waals surface area (Å²) < 4.78 is 60.2. The van der Waals surface area contributed by atoms with Gasteiger partial charge in [0, 0.05) is 0 Å². The average Bonchev–Trinajstić information content (AvgIpc) is 2.96. The number of alkyl halides is 3. The number of anilines is 2. The Kier molecular flexibility index (Phi) is 8.06. The largest absolute Gasteiger partial charge is 0.486 e. The number of nitrogens with one attached hydrogen (secondary N) is 1. The van der Waals surface area contributed by atoms with Crippen molar-refractivity contribution in [2.45, 2.75) is 70.6 Å². The van der Waals surface area contributed by atoms with E-state index in [9.17, 15) is 22.4 Å². The molecule has 1 heterocycles. The first-order chi connectivity index (χ1) is 19.2. The van der Waals surface area contributed by atoms with Gasteiger partial charge in [0.25, 0.3) is 0 Å². The van der Waals surface area contributed by atoms with Gasteiger partial charge in [-0.1, -0.05) is 50.6 Å². The number of carbonyl (C=O) groups excluding carboxylic acids is 1. The molecule has 0 saturated heterocycles. The van der Waals surface area contributed by atoms with Gasteiger partial charge in [-0.25, -0.2) is 9.18 Å². The number of rotatable bonds is 5. The zero-order chi connectivity index (χ0) is 28.4. The fourth-order valence-electron chi connectivity index (χ4n) is 5.83.